The maximum Gasteiger partial charge on any atom is 0.170 e. The zero-order chi connectivity index (χ0) is 14.3. The van der Waals surface area contributed by atoms with E-state index in [1.807, 2.05) is 12.1 Å². The lowest BCUT2D eigenvalue weighted by Crippen LogP contribution is -2.29. The van der Waals surface area contributed by atoms with Crippen molar-refractivity contribution in [3.05, 3.63) is 28.2 Å². The number of benzene rings is 1. The molecule has 0 aliphatic carbocycles. The van der Waals surface area contributed by atoms with Crippen LogP contribution in [0.1, 0.15) is 5.56 Å². The summed E-state index contributed by atoms with van der Waals surface area (Å²) in [6.07, 6.45) is -0.223. The first-order chi connectivity index (χ1) is 9.14. The number of nitrogens with zero attached hydrogens (tertiary/aromatic N) is 1. The van der Waals surface area contributed by atoms with Gasteiger partial charge in [-0.05, 0) is 42.7 Å². The third-order valence-corrected chi connectivity index (χ3v) is 5.35. The van der Waals surface area contributed by atoms with Crippen LogP contribution in [0.15, 0.2) is 22.7 Å². The van der Waals surface area contributed by atoms with Gasteiger partial charge in [0.05, 0.1) is 18.1 Å². The minimum atomic E-state index is -0.223. The van der Waals surface area contributed by atoms with Crippen molar-refractivity contribution in [3.8, 4) is 5.75 Å². The van der Waals surface area contributed by atoms with Gasteiger partial charge in [-0.3, -0.25) is 0 Å². The summed E-state index contributed by atoms with van der Waals surface area (Å²) in [6.45, 7) is 1.49. The van der Waals surface area contributed by atoms with Crippen LogP contribution in [0.3, 0.4) is 0 Å². The molecule has 0 fully saturated rings. The number of methoxy groups -OCH3 is 3. The first-order valence-electron chi connectivity index (χ1n) is 5.56. The Labute approximate surface area is 139 Å². The fourth-order valence-electron chi connectivity index (χ4n) is 1.53. The molecule has 0 atom stereocenters. The molecule has 0 N–H and O–H groups in total. The molecule has 19 heavy (non-hydrogen) atoms. The van der Waals surface area contributed by atoms with Crippen molar-refractivity contribution in [2.45, 2.75) is 12.8 Å². The van der Waals surface area contributed by atoms with Gasteiger partial charge in [-0.2, -0.15) is 0 Å². The van der Waals surface area contributed by atoms with Crippen LogP contribution in [-0.4, -0.2) is 38.5 Å². The molecule has 0 aliphatic rings. The quantitative estimate of drug-likeness (QED) is 0.333. The standard InChI is InChI=1S/C12H17BrINO3S/c1-16-11-6-9(4-5-10(11)13)7-15(19-14)8-12(17-2)18-3/h4-6,12H,7-8H2,1-3H3. The van der Waals surface area contributed by atoms with Gasteiger partial charge in [-0.1, -0.05) is 6.07 Å². The van der Waals surface area contributed by atoms with E-state index in [0.29, 0.717) is 6.54 Å². The molecule has 0 bridgehead atoms. The van der Waals surface area contributed by atoms with Gasteiger partial charge in [0.2, 0.25) is 0 Å². The Morgan fingerprint density at radius 1 is 1.32 bits per heavy atom. The molecule has 108 valence electrons. The molecule has 1 aromatic rings. The predicted octanol–water partition coefficient (Wildman–Crippen LogP) is 3.88. The lowest BCUT2D eigenvalue weighted by atomic mass is 10.2. The molecule has 0 unspecified atom stereocenters. The van der Waals surface area contributed by atoms with Crippen LogP contribution in [0.4, 0.5) is 0 Å². The van der Waals surface area contributed by atoms with Gasteiger partial charge < -0.3 is 14.2 Å². The molecule has 0 aliphatic heterocycles. The van der Waals surface area contributed by atoms with E-state index >= 15 is 0 Å². The fraction of sp³-hybridized carbons (Fsp3) is 0.500. The van der Waals surface area contributed by atoms with E-state index in [1.54, 1.807) is 30.4 Å². The van der Waals surface area contributed by atoms with Gasteiger partial charge in [0.1, 0.15) is 5.75 Å². The third kappa shape index (κ3) is 5.76. The van der Waals surface area contributed by atoms with Crippen LogP contribution >= 0.6 is 46.3 Å². The monoisotopic (exact) mass is 461 g/mol. The second-order valence-electron chi connectivity index (χ2n) is 3.76. The second kappa shape index (κ2) is 9.41. The van der Waals surface area contributed by atoms with Crippen molar-refractivity contribution in [2.24, 2.45) is 0 Å². The van der Waals surface area contributed by atoms with E-state index in [9.17, 15) is 0 Å². The average molecular weight is 462 g/mol. The molecule has 0 amide bonds. The summed E-state index contributed by atoms with van der Waals surface area (Å²) in [4.78, 5) is 0. The van der Waals surface area contributed by atoms with Gasteiger partial charge >= 0.3 is 0 Å². The Balaban J connectivity index is 2.69. The molecule has 1 aromatic carbocycles. The summed E-state index contributed by atoms with van der Waals surface area (Å²) in [5, 5.41) is 0. The highest BCUT2D eigenvalue weighted by molar-refractivity contribution is 14.2. The van der Waals surface area contributed by atoms with Crippen molar-refractivity contribution in [2.75, 3.05) is 27.9 Å². The summed E-state index contributed by atoms with van der Waals surface area (Å²) in [5.74, 6) is 0.839. The van der Waals surface area contributed by atoms with Gasteiger partial charge in [-0.25, -0.2) is 4.31 Å². The lowest BCUT2D eigenvalue weighted by Gasteiger charge is -2.23. The maximum atomic E-state index is 5.30. The van der Waals surface area contributed by atoms with Crippen LogP contribution in [0.5, 0.6) is 5.75 Å². The normalized spacial score (nSPS) is 11.3. The van der Waals surface area contributed by atoms with E-state index in [-0.39, 0.29) is 6.29 Å². The zero-order valence-electron chi connectivity index (χ0n) is 11.1. The smallest absolute Gasteiger partial charge is 0.170 e. The first-order valence-corrected chi connectivity index (χ1v) is 9.67. The summed E-state index contributed by atoms with van der Waals surface area (Å²) < 4.78 is 18.9. The molecule has 0 saturated carbocycles. The molecule has 1 rings (SSSR count). The van der Waals surface area contributed by atoms with Crippen LogP contribution in [0, 0.1) is 0 Å². The Bertz CT molecular complexity index is 393. The van der Waals surface area contributed by atoms with Crippen LogP contribution in [0.25, 0.3) is 0 Å². The van der Waals surface area contributed by atoms with Gasteiger partial charge in [0.25, 0.3) is 0 Å². The Morgan fingerprint density at radius 3 is 2.53 bits per heavy atom. The maximum absolute atomic E-state index is 5.30. The fourth-order valence-corrected chi connectivity index (χ4v) is 3.22. The van der Waals surface area contributed by atoms with Crippen LogP contribution in [0.2, 0.25) is 0 Å². The van der Waals surface area contributed by atoms with E-state index in [4.69, 9.17) is 14.2 Å². The molecule has 7 heteroatoms. The van der Waals surface area contributed by atoms with Gasteiger partial charge in [0, 0.05) is 42.0 Å². The summed E-state index contributed by atoms with van der Waals surface area (Å²) in [5.41, 5.74) is 1.18. The molecular weight excluding hydrogens is 445 g/mol. The molecular formula is C12H17BrINO3S. The minimum absolute atomic E-state index is 0.223. The highest BCUT2D eigenvalue weighted by Gasteiger charge is 2.14. The highest BCUT2D eigenvalue weighted by Crippen LogP contribution is 2.28. The predicted molar refractivity (Wildman–Crippen MR) is 90.5 cm³/mol. The van der Waals surface area contributed by atoms with Gasteiger partial charge in [0.15, 0.2) is 6.29 Å². The average Bonchev–Trinajstić information content (AvgIpc) is 2.45. The van der Waals surface area contributed by atoms with Crippen molar-refractivity contribution in [3.63, 3.8) is 0 Å². The summed E-state index contributed by atoms with van der Waals surface area (Å²) >= 11 is 5.71. The molecule has 0 heterocycles. The largest absolute Gasteiger partial charge is 0.496 e. The first kappa shape index (κ1) is 17.5. The number of hydrogen-bond donors (Lipinski definition) is 0. The highest BCUT2D eigenvalue weighted by atomic mass is 127. The van der Waals surface area contributed by atoms with Crippen molar-refractivity contribution in [1.29, 1.82) is 0 Å². The molecule has 4 nitrogen and oxygen atoms in total. The molecule has 0 spiro atoms. The van der Waals surface area contributed by atoms with E-state index < -0.39 is 0 Å². The van der Waals surface area contributed by atoms with Crippen LogP contribution in [-0.2, 0) is 16.0 Å². The third-order valence-electron chi connectivity index (χ3n) is 2.55. The minimum Gasteiger partial charge on any atom is -0.496 e. The number of hydrogen-bond acceptors (Lipinski definition) is 5. The topological polar surface area (TPSA) is 30.9 Å². The zero-order valence-corrected chi connectivity index (χ0v) is 15.6. The molecule has 0 radical (unpaired) electrons. The lowest BCUT2D eigenvalue weighted by molar-refractivity contribution is -0.107. The number of ether oxygens (including phenoxy) is 3. The second-order valence-corrected chi connectivity index (χ2v) is 6.45. The Hall–Kier alpha value is 0.460. The van der Waals surface area contributed by atoms with Crippen molar-refractivity contribution < 1.29 is 14.2 Å². The van der Waals surface area contributed by atoms with E-state index in [1.165, 1.54) is 5.56 Å². The van der Waals surface area contributed by atoms with Gasteiger partial charge in [-0.15, -0.1) is 0 Å². The van der Waals surface area contributed by atoms with E-state index in [2.05, 4.69) is 47.5 Å². The van der Waals surface area contributed by atoms with Crippen molar-refractivity contribution >= 4 is 46.3 Å². The summed E-state index contributed by atoms with van der Waals surface area (Å²) in [6, 6.07) is 6.09. The Morgan fingerprint density at radius 2 is 2.00 bits per heavy atom. The SMILES string of the molecule is COc1cc(CN(CC(OC)OC)SI)ccc1Br. The molecule has 0 aromatic heterocycles. The Kier molecular flexibility index (Phi) is 8.67. The van der Waals surface area contributed by atoms with Crippen LogP contribution < -0.4 is 4.74 Å². The van der Waals surface area contributed by atoms with E-state index in [0.717, 1.165) is 16.8 Å². The summed E-state index contributed by atoms with van der Waals surface area (Å²) in [7, 11) is 6.59. The number of halogens is 2. The van der Waals surface area contributed by atoms with Crippen molar-refractivity contribution in [1.82, 2.24) is 4.31 Å². The molecule has 0 saturated heterocycles. The number of rotatable bonds is 8.